The smallest absolute Gasteiger partial charge is 0.220 e. The van der Waals surface area contributed by atoms with Crippen LogP contribution in [0, 0.1) is 0 Å². The van der Waals surface area contributed by atoms with Crippen molar-refractivity contribution < 1.29 is 14.7 Å². The third-order valence-electron chi connectivity index (χ3n) is 5.65. The highest BCUT2D eigenvalue weighted by atomic mass is 16.3. The van der Waals surface area contributed by atoms with E-state index in [-0.39, 0.29) is 23.9 Å². The van der Waals surface area contributed by atoms with Crippen LogP contribution in [0.5, 0.6) is 0 Å². The Hall–Kier alpha value is -1.66. The van der Waals surface area contributed by atoms with Gasteiger partial charge in [0.05, 0.1) is 6.10 Å². The van der Waals surface area contributed by atoms with Gasteiger partial charge in [-0.2, -0.15) is 0 Å². The standard InChI is InChI=1S/C27H51N3O3/c1-6-8-10-12-14-16-18-26(32)28-20-23(3)30(22-25(5)31)24(4)21-29-27(33)19-17-15-13-11-9-7-2/h8-11,23-25,31H,6-7,12-22H2,1-5H3,(H,28,32)(H,29,33)/b10-8+,11-9+. The average molecular weight is 466 g/mol. The fourth-order valence-corrected chi connectivity index (χ4v) is 3.70. The third-order valence-corrected chi connectivity index (χ3v) is 5.65. The zero-order valence-corrected chi connectivity index (χ0v) is 21.9. The van der Waals surface area contributed by atoms with Gasteiger partial charge >= 0.3 is 0 Å². The number of hydrogen-bond donors (Lipinski definition) is 3. The molecule has 0 radical (unpaired) electrons. The van der Waals surface area contributed by atoms with Crippen molar-refractivity contribution in [3.63, 3.8) is 0 Å². The number of aliphatic hydroxyl groups is 1. The second-order valence-electron chi connectivity index (χ2n) is 9.10. The number of nitrogens with one attached hydrogen (secondary N) is 2. The summed E-state index contributed by atoms with van der Waals surface area (Å²) < 4.78 is 0. The summed E-state index contributed by atoms with van der Waals surface area (Å²) in [6.07, 6.45) is 17.3. The second kappa shape index (κ2) is 20.9. The van der Waals surface area contributed by atoms with Crippen LogP contribution in [0.3, 0.4) is 0 Å². The molecule has 0 rings (SSSR count). The molecule has 0 aromatic carbocycles. The van der Waals surface area contributed by atoms with Crippen LogP contribution in [0.2, 0.25) is 0 Å². The van der Waals surface area contributed by atoms with Gasteiger partial charge in [0.15, 0.2) is 0 Å². The van der Waals surface area contributed by atoms with Crippen LogP contribution in [0.1, 0.15) is 98.8 Å². The molecule has 3 atom stereocenters. The minimum atomic E-state index is -0.478. The number of hydrogen-bond acceptors (Lipinski definition) is 4. The molecule has 0 aromatic heterocycles. The van der Waals surface area contributed by atoms with Crippen LogP contribution in [0.15, 0.2) is 24.3 Å². The van der Waals surface area contributed by atoms with Gasteiger partial charge in [-0.25, -0.2) is 0 Å². The summed E-state index contributed by atoms with van der Waals surface area (Å²) in [6.45, 7) is 11.7. The minimum absolute atomic E-state index is 0.0632. The van der Waals surface area contributed by atoms with E-state index in [0.29, 0.717) is 32.5 Å². The molecule has 3 N–H and O–H groups in total. The average Bonchev–Trinajstić information content (AvgIpc) is 2.78. The van der Waals surface area contributed by atoms with Gasteiger partial charge < -0.3 is 15.7 Å². The first-order valence-electron chi connectivity index (χ1n) is 13.1. The Morgan fingerprint density at radius 3 is 1.55 bits per heavy atom. The van der Waals surface area contributed by atoms with Crippen LogP contribution in [0.25, 0.3) is 0 Å². The van der Waals surface area contributed by atoms with Crippen LogP contribution in [-0.4, -0.2) is 59.6 Å². The first kappa shape index (κ1) is 31.3. The molecule has 0 aliphatic carbocycles. The summed E-state index contributed by atoms with van der Waals surface area (Å²) in [5.41, 5.74) is 0. The fourth-order valence-electron chi connectivity index (χ4n) is 3.70. The number of allylic oxidation sites excluding steroid dienone is 4. The molecule has 0 heterocycles. The number of carbonyl (C=O) groups excluding carboxylic acids is 2. The van der Waals surface area contributed by atoms with Crippen LogP contribution in [-0.2, 0) is 9.59 Å². The molecule has 0 fully saturated rings. The summed E-state index contributed by atoms with van der Waals surface area (Å²) in [4.78, 5) is 26.5. The Labute approximate surface area is 203 Å². The molecule has 0 aromatic rings. The maximum absolute atomic E-state index is 12.2. The maximum atomic E-state index is 12.2. The molecule has 0 saturated heterocycles. The van der Waals surface area contributed by atoms with Gasteiger partial charge in [-0.3, -0.25) is 14.5 Å². The maximum Gasteiger partial charge on any atom is 0.220 e. The van der Waals surface area contributed by atoms with E-state index in [1.165, 1.54) is 0 Å². The van der Waals surface area contributed by atoms with E-state index in [1.54, 1.807) is 6.92 Å². The molecule has 3 unspecified atom stereocenters. The van der Waals surface area contributed by atoms with Gasteiger partial charge in [-0.1, -0.05) is 38.2 Å². The van der Waals surface area contributed by atoms with Crippen molar-refractivity contribution in [1.29, 1.82) is 0 Å². The van der Waals surface area contributed by atoms with Gasteiger partial charge in [0.1, 0.15) is 0 Å². The van der Waals surface area contributed by atoms with Crippen LogP contribution < -0.4 is 10.6 Å². The molecule has 0 aliphatic heterocycles. The Morgan fingerprint density at radius 1 is 0.758 bits per heavy atom. The Balaban J connectivity index is 4.34. The number of carbonyl (C=O) groups is 2. The van der Waals surface area contributed by atoms with Crippen molar-refractivity contribution in [3.05, 3.63) is 24.3 Å². The lowest BCUT2D eigenvalue weighted by molar-refractivity contribution is -0.121. The summed E-state index contributed by atoms with van der Waals surface area (Å²) in [7, 11) is 0. The first-order chi connectivity index (χ1) is 15.8. The highest BCUT2D eigenvalue weighted by Crippen LogP contribution is 2.08. The molecular formula is C27H51N3O3. The van der Waals surface area contributed by atoms with Gasteiger partial charge in [-0.15, -0.1) is 0 Å². The molecule has 6 nitrogen and oxygen atoms in total. The topological polar surface area (TPSA) is 81.7 Å². The highest BCUT2D eigenvalue weighted by Gasteiger charge is 2.22. The van der Waals surface area contributed by atoms with Crippen LogP contribution in [0.4, 0.5) is 0 Å². The Kier molecular flexibility index (Phi) is 19.9. The number of aliphatic hydroxyl groups excluding tert-OH is 1. The first-order valence-corrected chi connectivity index (χ1v) is 13.1. The van der Waals surface area contributed by atoms with Crippen molar-refractivity contribution in [3.8, 4) is 0 Å². The predicted octanol–water partition coefficient (Wildman–Crippen LogP) is 4.73. The van der Waals surface area contributed by atoms with E-state index in [1.807, 2.05) is 0 Å². The fraction of sp³-hybridized carbons (Fsp3) is 0.778. The number of unbranched alkanes of at least 4 members (excludes halogenated alkanes) is 4. The number of nitrogens with zero attached hydrogens (tertiary/aromatic N) is 1. The molecule has 192 valence electrons. The number of rotatable bonds is 20. The predicted molar refractivity (Wildman–Crippen MR) is 139 cm³/mol. The zero-order chi connectivity index (χ0) is 24.9. The van der Waals surface area contributed by atoms with E-state index in [4.69, 9.17) is 0 Å². The number of amides is 2. The Morgan fingerprint density at radius 2 is 1.18 bits per heavy atom. The van der Waals surface area contributed by atoms with E-state index in [0.717, 1.165) is 51.4 Å². The molecular weight excluding hydrogens is 414 g/mol. The summed E-state index contributed by atoms with van der Waals surface area (Å²) in [6, 6.07) is 0.126. The van der Waals surface area contributed by atoms with Gasteiger partial charge in [0.25, 0.3) is 0 Å². The van der Waals surface area contributed by atoms with E-state index in [9.17, 15) is 14.7 Å². The molecule has 0 saturated carbocycles. The van der Waals surface area contributed by atoms with Crippen molar-refractivity contribution in [2.45, 2.75) is 117 Å². The molecule has 33 heavy (non-hydrogen) atoms. The summed E-state index contributed by atoms with van der Waals surface area (Å²) >= 11 is 0. The van der Waals surface area contributed by atoms with E-state index in [2.05, 4.69) is 67.5 Å². The SMILES string of the molecule is CC/C=C/CCCCC(=O)NCC(C)N(CC(C)O)C(C)CNC(=O)CCCC/C=C/CC. The summed E-state index contributed by atoms with van der Waals surface area (Å²) in [5.74, 6) is 0.154. The second-order valence-corrected chi connectivity index (χ2v) is 9.10. The van der Waals surface area contributed by atoms with E-state index >= 15 is 0 Å². The lowest BCUT2D eigenvalue weighted by atomic mass is 10.1. The lowest BCUT2D eigenvalue weighted by Crippen LogP contribution is -2.52. The zero-order valence-electron chi connectivity index (χ0n) is 21.9. The summed E-state index contributed by atoms with van der Waals surface area (Å²) in [5, 5.41) is 16.0. The van der Waals surface area contributed by atoms with Crippen molar-refractivity contribution in [2.24, 2.45) is 0 Å². The van der Waals surface area contributed by atoms with Gasteiger partial charge in [-0.05, 0) is 72.1 Å². The normalized spacial score (nSPS) is 14.6. The van der Waals surface area contributed by atoms with Crippen molar-refractivity contribution in [2.75, 3.05) is 19.6 Å². The lowest BCUT2D eigenvalue weighted by Gasteiger charge is -2.35. The quantitative estimate of drug-likeness (QED) is 0.179. The van der Waals surface area contributed by atoms with Crippen LogP contribution >= 0.6 is 0 Å². The van der Waals surface area contributed by atoms with Gasteiger partial charge in [0.2, 0.25) is 11.8 Å². The van der Waals surface area contributed by atoms with Crippen molar-refractivity contribution >= 4 is 11.8 Å². The third kappa shape index (κ3) is 18.5. The molecule has 0 bridgehead atoms. The van der Waals surface area contributed by atoms with Gasteiger partial charge in [0, 0.05) is 44.6 Å². The Bertz CT molecular complexity index is 517. The molecule has 2 amide bonds. The molecule has 6 heteroatoms. The minimum Gasteiger partial charge on any atom is -0.392 e. The highest BCUT2D eigenvalue weighted by molar-refractivity contribution is 5.76. The largest absolute Gasteiger partial charge is 0.392 e. The van der Waals surface area contributed by atoms with E-state index < -0.39 is 6.10 Å². The molecule has 0 aliphatic rings. The monoisotopic (exact) mass is 465 g/mol. The molecule has 0 spiro atoms. The van der Waals surface area contributed by atoms with Crippen molar-refractivity contribution in [1.82, 2.24) is 15.5 Å².